The van der Waals surface area contributed by atoms with Crippen LogP contribution in [0.5, 0.6) is 46.0 Å². The molecule has 6 aromatic rings. The Balaban J connectivity index is 0.000000203. The van der Waals surface area contributed by atoms with Gasteiger partial charge in [0.1, 0.15) is 46.0 Å². The molecular formula is C46H48O6. The fourth-order valence-electron chi connectivity index (χ4n) is 5.97. The molecule has 6 aromatic carbocycles. The van der Waals surface area contributed by atoms with Gasteiger partial charge in [-0.25, -0.2) is 0 Å². The number of phenolic OH excluding ortho intramolecular Hbond substituents is 4. The number of phenols is 4. The Morgan fingerprint density at radius 2 is 0.654 bits per heavy atom. The van der Waals surface area contributed by atoms with Crippen LogP contribution in [0.4, 0.5) is 0 Å². The minimum absolute atomic E-state index is 0.185. The van der Waals surface area contributed by atoms with E-state index in [2.05, 4.69) is 64.1 Å². The summed E-state index contributed by atoms with van der Waals surface area (Å²) in [5.74, 6) is 3.69. The first-order valence-electron chi connectivity index (χ1n) is 17.3. The van der Waals surface area contributed by atoms with Crippen molar-refractivity contribution < 1.29 is 29.9 Å². The van der Waals surface area contributed by atoms with Crippen molar-refractivity contribution in [3.63, 3.8) is 0 Å². The number of hydrogen-bond donors (Lipinski definition) is 4. The van der Waals surface area contributed by atoms with E-state index in [0.29, 0.717) is 34.5 Å². The molecule has 0 fully saturated rings. The molecule has 52 heavy (non-hydrogen) atoms. The molecular weight excluding hydrogens is 649 g/mol. The van der Waals surface area contributed by atoms with E-state index >= 15 is 0 Å². The van der Waals surface area contributed by atoms with E-state index in [9.17, 15) is 20.4 Å². The zero-order valence-corrected chi connectivity index (χ0v) is 31.2. The third-order valence-corrected chi connectivity index (χ3v) is 9.76. The van der Waals surface area contributed by atoms with Gasteiger partial charge in [-0.1, -0.05) is 82.3 Å². The highest BCUT2D eigenvalue weighted by Gasteiger charge is 2.28. The zero-order chi connectivity index (χ0) is 37.8. The average molecular weight is 697 g/mol. The van der Waals surface area contributed by atoms with E-state index in [1.807, 2.05) is 58.0 Å². The summed E-state index contributed by atoms with van der Waals surface area (Å²) in [6.45, 7) is 16.4. The third-order valence-electron chi connectivity index (χ3n) is 9.76. The molecule has 6 nitrogen and oxygen atoms in total. The maximum Gasteiger partial charge on any atom is 0.131 e. The van der Waals surface area contributed by atoms with Gasteiger partial charge >= 0.3 is 0 Å². The Kier molecular flexibility index (Phi) is 10.9. The summed E-state index contributed by atoms with van der Waals surface area (Å²) in [4.78, 5) is 0. The Morgan fingerprint density at radius 3 is 1.02 bits per heavy atom. The van der Waals surface area contributed by atoms with E-state index in [1.54, 1.807) is 54.6 Å². The molecule has 0 aromatic heterocycles. The van der Waals surface area contributed by atoms with Gasteiger partial charge in [0, 0.05) is 16.9 Å². The second-order valence-corrected chi connectivity index (χ2v) is 14.4. The smallest absolute Gasteiger partial charge is 0.131 e. The maximum atomic E-state index is 9.88. The summed E-state index contributed by atoms with van der Waals surface area (Å²) in [6.07, 6.45) is 0. The van der Waals surface area contributed by atoms with Crippen LogP contribution >= 0.6 is 0 Å². The van der Waals surface area contributed by atoms with Gasteiger partial charge in [0.05, 0.1) is 0 Å². The van der Waals surface area contributed by atoms with Crippen LogP contribution < -0.4 is 9.47 Å². The molecule has 6 heteroatoms. The molecule has 0 aliphatic rings. The van der Waals surface area contributed by atoms with Crippen LogP contribution in [0.25, 0.3) is 0 Å². The van der Waals surface area contributed by atoms with Crippen molar-refractivity contribution in [2.24, 2.45) is 0 Å². The molecule has 0 aliphatic carbocycles. The van der Waals surface area contributed by atoms with Gasteiger partial charge in [-0.15, -0.1) is 0 Å². The second kappa shape index (κ2) is 15.2. The van der Waals surface area contributed by atoms with Crippen LogP contribution in [-0.2, 0) is 10.8 Å². The molecule has 0 unspecified atom stereocenters. The summed E-state index contributed by atoms with van der Waals surface area (Å²) in [6, 6.07) is 37.9. The number of aromatic hydroxyl groups is 4. The van der Waals surface area contributed by atoms with Crippen molar-refractivity contribution in [2.45, 2.75) is 66.2 Å². The maximum absolute atomic E-state index is 9.88. The standard InChI is InChI=1S/C26H30O2.C20H18O4/c1-17-14-21(10-12-23(17)27)25(3,4)19-8-7-9-20(16-19)26(5,6)22-11-13-24(28)18(2)15-22;1-13-10-17(6-8-19(13)21)23-15-4-3-5-16(12-15)24-18-7-9-20(22)14(2)11-18/h7-16,27-28H,1-6H3;3-12,21-22H,1-2H3. The monoisotopic (exact) mass is 696 g/mol. The number of rotatable bonds is 8. The summed E-state index contributed by atoms with van der Waals surface area (Å²) >= 11 is 0. The fraction of sp³-hybridized carbons (Fsp3) is 0.217. The first-order valence-corrected chi connectivity index (χ1v) is 17.3. The normalized spacial score (nSPS) is 11.4. The van der Waals surface area contributed by atoms with Crippen molar-refractivity contribution in [1.29, 1.82) is 0 Å². The fourth-order valence-corrected chi connectivity index (χ4v) is 5.97. The molecule has 6 rings (SSSR count). The van der Waals surface area contributed by atoms with Gasteiger partial charge in [0.2, 0.25) is 0 Å². The van der Waals surface area contributed by atoms with Crippen molar-refractivity contribution >= 4 is 0 Å². The van der Waals surface area contributed by atoms with Gasteiger partial charge in [0.15, 0.2) is 0 Å². The van der Waals surface area contributed by atoms with Crippen LogP contribution in [0.15, 0.2) is 121 Å². The molecule has 0 amide bonds. The summed E-state index contributed by atoms with van der Waals surface area (Å²) in [7, 11) is 0. The average Bonchev–Trinajstić information content (AvgIpc) is 3.11. The number of benzene rings is 6. The second-order valence-electron chi connectivity index (χ2n) is 14.4. The molecule has 0 heterocycles. The Morgan fingerprint density at radius 1 is 0.346 bits per heavy atom. The minimum Gasteiger partial charge on any atom is -0.508 e. The van der Waals surface area contributed by atoms with E-state index < -0.39 is 0 Å². The molecule has 0 atom stereocenters. The summed E-state index contributed by atoms with van der Waals surface area (Å²) in [5, 5.41) is 38.9. The largest absolute Gasteiger partial charge is 0.508 e. The lowest BCUT2D eigenvalue weighted by molar-refractivity contribution is 0.449. The Labute approximate surface area is 307 Å². The number of ether oxygens (including phenoxy) is 2. The highest BCUT2D eigenvalue weighted by atomic mass is 16.5. The minimum atomic E-state index is -0.185. The molecule has 4 N–H and O–H groups in total. The van der Waals surface area contributed by atoms with Gasteiger partial charge in [-0.2, -0.15) is 0 Å². The molecule has 0 saturated carbocycles. The molecule has 0 saturated heterocycles. The van der Waals surface area contributed by atoms with Crippen LogP contribution in [0.1, 0.15) is 72.2 Å². The van der Waals surface area contributed by atoms with Crippen LogP contribution in [0, 0.1) is 27.7 Å². The topological polar surface area (TPSA) is 99.4 Å². The quantitative estimate of drug-likeness (QED) is 0.126. The number of aryl methyl sites for hydroxylation is 4. The SMILES string of the molecule is Cc1cc(C(C)(C)c2cccc(C(C)(C)c3ccc(O)c(C)c3)c2)ccc1O.Cc1cc(Oc2cccc(Oc3ccc(O)c(C)c3)c2)ccc1O. The van der Waals surface area contributed by atoms with Gasteiger partial charge < -0.3 is 29.9 Å². The summed E-state index contributed by atoms with van der Waals surface area (Å²) in [5.41, 5.74) is 7.74. The lowest BCUT2D eigenvalue weighted by Crippen LogP contribution is -2.23. The molecule has 0 bridgehead atoms. The highest BCUT2D eigenvalue weighted by molar-refractivity contribution is 5.49. The predicted octanol–water partition coefficient (Wildman–Crippen LogP) is 11.7. The van der Waals surface area contributed by atoms with E-state index in [-0.39, 0.29) is 22.3 Å². The highest BCUT2D eigenvalue weighted by Crippen LogP contribution is 2.39. The predicted molar refractivity (Wildman–Crippen MR) is 209 cm³/mol. The Hall–Kier alpha value is -5.88. The van der Waals surface area contributed by atoms with Gasteiger partial charge in [0.25, 0.3) is 0 Å². The molecule has 268 valence electrons. The Bertz CT molecular complexity index is 2050. The molecule has 0 spiro atoms. The first-order chi connectivity index (χ1) is 24.5. The van der Waals surface area contributed by atoms with Crippen molar-refractivity contribution in [3.05, 3.63) is 166 Å². The lowest BCUT2D eigenvalue weighted by Gasteiger charge is -2.31. The molecule has 0 radical (unpaired) electrons. The van der Waals surface area contributed by atoms with E-state index in [1.165, 1.54) is 22.3 Å². The van der Waals surface area contributed by atoms with Crippen molar-refractivity contribution in [2.75, 3.05) is 0 Å². The third kappa shape index (κ3) is 8.52. The zero-order valence-electron chi connectivity index (χ0n) is 31.2. The van der Waals surface area contributed by atoms with E-state index in [0.717, 1.165) is 22.3 Å². The van der Waals surface area contributed by atoms with Crippen LogP contribution in [-0.4, -0.2) is 20.4 Å². The summed E-state index contributed by atoms with van der Waals surface area (Å²) < 4.78 is 11.6. The first kappa shape index (κ1) is 37.4. The van der Waals surface area contributed by atoms with Crippen molar-refractivity contribution in [3.8, 4) is 46.0 Å². The number of hydrogen-bond acceptors (Lipinski definition) is 6. The van der Waals surface area contributed by atoms with Crippen molar-refractivity contribution in [1.82, 2.24) is 0 Å². The lowest BCUT2D eigenvalue weighted by atomic mass is 9.73. The van der Waals surface area contributed by atoms with Crippen LogP contribution in [0.3, 0.4) is 0 Å². The van der Waals surface area contributed by atoms with Gasteiger partial charge in [-0.05, 0) is 133 Å². The van der Waals surface area contributed by atoms with E-state index in [4.69, 9.17) is 9.47 Å². The van der Waals surface area contributed by atoms with Crippen LogP contribution in [0.2, 0.25) is 0 Å². The molecule has 0 aliphatic heterocycles. The van der Waals surface area contributed by atoms with Gasteiger partial charge in [-0.3, -0.25) is 0 Å².